The number of hydrogen-bond donors (Lipinski definition) is 1. The van der Waals surface area contributed by atoms with Crippen molar-refractivity contribution >= 4 is 17.4 Å². The van der Waals surface area contributed by atoms with Crippen molar-refractivity contribution in [3.63, 3.8) is 0 Å². The highest BCUT2D eigenvalue weighted by Crippen LogP contribution is 2.39. The third-order valence-electron chi connectivity index (χ3n) is 5.59. The summed E-state index contributed by atoms with van der Waals surface area (Å²) in [6, 6.07) is 12.4. The van der Waals surface area contributed by atoms with Crippen LogP contribution in [-0.4, -0.2) is 48.1 Å². The predicted molar refractivity (Wildman–Crippen MR) is 124 cm³/mol. The molecule has 6 heteroatoms. The van der Waals surface area contributed by atoms with Crippen LogP contribution in [-0.2, 0) is 20.7 Å². The van der Waals surface area contributed by atoms with Gasteiger partial charge in [0.15, 0.2) is 0 Å². The number of aryl methyl sites for hydroxylation is 2. The first-order valence-electron chi connectivity index (χ1n) is 10.9. The van der Waals surface area contributed by atoms with Crippen molar-refractivity contribution in [1.29, 1.82) is 0 Å². The minimum atomic E-state index is -0.691. The maximum atomic E-state index is 13.0. The standard InChI is InChI=1S/C26H31NO5/c1-6-18-7-9-19(10-8-18)23-22(25(29)26(30)27(23)13-14-31-5)24(28)20-11-12-21(17(4)15-20)32-16(2)3/h7-12,15-16,23,28H,6,13-14H2,1-5H3/t23-/m0/s1. The molecular formula is C26H31NO5. The van der Waals surface area contributed by atoms with Crippen molar-refractivity contribution in [1.82, 2.24) is 4.90 Å². The second kappa shape index (κ2) is 10.0. The number of aliphatic hydroxyl groups is 1. The van der Waals surface area contributed by atoms with Crippen molar-refractivity contribution in [3.8, 4) is 5.75 Å². The number of hydrogen-bond acceptors (Lipinski definition) is 5. The van der Waals surface area contributed by atoms with Crippen LogP contribution in [0.1, 0.15) is 49.1 Å². The molecule has 0 saturated carbocycles. The van der Waals surface area contributed by atoms with E-state index >= 15 is 0 Å². The second-order valence-corrected chi connectivity index (χ2v) is 8.23. The number of amides is 1. The molecule has 1 fully saturated rings. The Morgan fingerprint density at radius 1 is 1.12 bits per heavy atom. The Morgan fingerprint density at radius 2 is 1.81 bits per heavy atom. The Bertz CT molecular complexity index is 1020. The largest absolute Gasteiger partial charge is 0.507 e. The number of likely N-dealkylation sites (tertiary alicyclic amines) is 1. The molecular weight excluding hydrogens is 406 g/mol. The lowest BCUT2D eigenvalue weighted by molar-refractivity contribution is -0.140. The van der Waals surface area contributed by atoms with Gasteiger partial charge in [0.05, 0.1) is 24.3 Å². The second-order valence-electron chi connectivity index (χ2n) is 8.23. The van der Waals surface area contributed by atoms with Gasteiger partial charge in [-0.3, -0.25) is 9.59 Å². The van der Waals surface area contributed by atoms with Crippen LogP contribution in [0.3, 0.4) is 0 Å². The van der Waals surface area contributed by atoms with Crippen LogP contribution >= 0.6 is 0 Å². The SMILES string of the molecule is CCc1ccc([C@H]2C(=C(O)c3ccc(OC(C)C)c(C)c3)C(=O)C(=O)N2CCOC)cc1. The van der Waals surface area contributed by atoms with Gasteiger partial charge in [-0.1, -0.05) is 31.2 Å². The van der Waals surface area contributed by atoms with Crippen LogP contribution in [0.25, 0.3) is 5.76 Å². The molecule has 3 rings (SSSR count). The minimum Gasteiger partial charge on any atom is -0.507 e. The van der Waals surface area contributed by atoms with Crippen LogP contribution in [0.15, 0.2) is 48.0 Å². The van der Waals surface area contributed by atoms with Gasteiger partial charge in [0.1, 0.15) is 11.5 Å². The molecule has 2 aromatic rings. The van der Waals surface area contributed by atoms with E-state index in [4.69, 9.17) is 9.47 Å². The zero-order valence-corrected chi connectivity index (χ0v) is 19.3. The molecule has 0 aliphatic carbocycles. The van der Waals surface area contributed by atoms with Crippen molar-refractivity contribution in [3.05, 3.63) is 70.3 Å². The molecule has 0 aromatic heterocycles. The summed E-state index contributed by atoms with van der Waals surface area (Å²) in [5.41, 5.74) is 3.32. The van der Waals surface area contributed by atoms with E-state index in [-0.39, 0.29) is 30.6 Å². The normalized spacial score (nSPS) is 17.9. The quantitative estimate of drug-likeness (QED) is 0.376. The van der Waals surface area contributed by atoms with Crippen LogP contribution in [0.5, 0.6) is 5.75 Å². The molecule has 0 spiro atoms. The molecule has 2 aromatic carbocycles. The van der Waals surface area contributed by atoms with Crippen molar-refractivity contribution in [2.45, 2.75) is 46.3 Å². The third-order valence-corrected chi connectivity index (χ3v) is 5.59. The van der Waals surface area contributed by atoms with Gasteiger partial charge in [0.2, 0.25) is 0 Å². The number of Topliss-reactive ketones (excluding diaryl/α,β-unsaturated/α-hetero) is 1. The Labute approximate surface area is 189 Å². The summed E-state index contributed by atoms with van der Waals surface area (Å²) in [5.74, 6) is -0.802. The van der Waals surface area contributed by atoms with E-state index in [9.17, 15) is 14.7 Å². The summed E-state index contributed by atoms with van der Waals surface area (Å²) in [6.07, 6.45) is 0.902. The molecule has 1 saturated heterocycles. The fourth-order valence-electron chi connectivity index (χ4n) is 3.92. The number of nitrogens with zero attached hydrogens (tertiary/aromatic N) is 1. The monoisotopic (exact) mass is 437 g/mol. The average Bonchev–Trinajstić information content (AvgIpc) is 3.03. The Balaban J connectivity index is 2.11. The number of methoxy groups -OCH3 is 1. The lowest BCUT2D eigenvalue weighted by atomic mass is 9.94. The fraction of sp³-hybridized carbons (Fsp3) is 0.385. The van der Waals surface area contributed by atoms with Crippen LogP contribution in [0.2, 0.25) is 0 Å². The summed E-state index contributed by atoms with van der Waals surface area (Å²) in [6.45, 7) is 8.37. The molecule has 1 aliphatic heterocycles. The molecule has 1 heterocycles. The summed E-state index contributed by atoms with van der Waals surface area (Å²) in [4.78, 5) is 27.4. The molecule has 6 nitrogen and oxygen atoms in total. The van der Waals surface area contributed by atoms with Crippen molar-refractivity contribution < 1.29 is 24.2 Å². The summed E-state index contributed by atoms with van der Waals surface area (Å²) >= 11 is 0. The molecule has 1 N–H and O–H groups in total. The summed E-state index contributed by atoms with van der Waals surface area (Å²) < 4.78 is 10.9. The average molecular weight is 438 g/mol. The predicted octanol–water partition coefficient (Wildman–Crippen LogP) is 4.41. The highest BCUT2D eigenvalue weighted by Gasteiger charge is 2.45. The van der Waals surface area contributed by atoms with E-state index in [0.717, 1.165) is 23.1 Å². The van der Waals surface area contributed by atoms with Crippen LogP contribution in [0.4, 0.5) is 0 Å². The molecule has 170 valence electrons. The van der Waals surface area contributed by atoms with Gasteiger partial charge < -0.3 is 19.5 Å². The van der Waals surface area contributed by atoms with E-state index in [2.05, 4.69) is 6.92 Å². The highest BCUT2D eigenvalue weighted by molar-refractivity contribution is 6.46. The topological polar surface area (TPSA) is 76.1 Å². The van der Waals surface area contributed by atoms with Gasteiger partial charge in [0, 0.05) is 19.2 Å². The van der Waals surface area contributed by atoms with E-state index in [0.29, 0.717) is 11.3 Å². The number of ether oxygens (including phenoxy) is 2. The number of benzene rings is 2. The Kier molecular flexibility index (Phi) is 7.36. The van der Waals surface area contributed by atoms with E-state index in [1.54, 1.807) is 25.3 Å². The van der Waals surface area contributed by atoms with Crippen LogP contribution < -0.4 is 4.74 Å². The molecule has 0 bridgehead atoms. The number of carbonyl (C=O) groups excluding carboxylic acids is 2. The lowest BCUT2D eigenvalue weighted by Crippen LogP contribution is -2.32. The van der Waals surface area contributed by atoms with E-state index in [1.165, 1.54) is 4.90 Å². The zero-order valence-electron chi connectivity index (χ0n) is 19.3. The van der Waals surface area contributed by atoms with Gasteiger partial charge in [-0.2, -0.15) is 0 Å². The molecule has 0 unspecified atom stereocenters. The molecule has 1 aliphatic rings. The smallest absolute Gasteiger partial charge is 0.295 e. The van der Waals surface area contributed by atoms with Crippen molar-refractivity contribution in [2.75, 3.05) is 20.3 Å². The number of aliphatic hydroxyl groups excluding tert-OH is 1. The van der Waals surface area contributed by atoms with Gasteiger partial charge >= 0.3 is 0 Å². The lowest BCUT2D eigenvalue weighted by Gasteiger charge is -2.25. The minimum absolute atomic E-state index is 0.0188. The van der Waals surface area contributed by atoms with Crippen molar-refractivity contribution in [2.24, 2.45) is 0 Å². The molecule has 0 radical (unpaired) electrons. The maximum absolute atomic E-state index is 13.0. The van der Waals surface area contributed by atoms with E-state index < -0.39 is 17.7 Å². The first-order chi connectivity index (χ1) is 15.3. The molecule has 32 heavy (non-hydrogen) atoms. The summed E-state index contributed by atoms with van der Waals surface area (Å²) in [5, 5.41) is 11.2. The Morgan fingerprint density at radius 3 is 2.38 bits per heavy atom. The third kappa shape index (κ3) is 4.70. The van der Waals surface area contributed by atoms with Gasteiger partial charge in [-0.05, 0) is 62.1 Å². The zero-order chi connectivity index (χ0) is 23.4. The highest BCUT2D eigenvalue weighted by atomic mass is 16.5. The van der Waals surface area contributed by atoms with Crippen LogP contribution in [0, 0.1) is 6.92 Å². The summed E-state index contributed by atoms with van der Waals surface area (Å²) in [7, 11) is 1.55. The molecule has 1 atom stereocenters. The number of rotatable bonds is 8. The first kappa shape index (κ1) is 23.5. The maximum Gasteiger partial charge on any atom is 0.295 e. The Hall–Kier alpha value is -3.12. The van der Waals surface area contributed by atoms with Gasteiger partial charge in [-0.25, -0.2) is 0 Å². The van der Waals surface area contributed by atoms with Gasteiger partial charge in [-0.15, -0.1) is 0 Å². The van der Waals surface area contributed by atoms with E-state index in [1.807, 2.05) is 45.0 Å². The molecule has 1 amide bonds. The first-order valence-corrected chi connectivity index (χ1v) is 10.9. The van der Waals surface area contributed by atoms with Gasteiger partial charge in [0.25, 0.3) is 11.7 Å². The fourth-order valence-corrected chi connectivity index (χ4v) is 3.92. The number of carbonyl (C=O) groups is 2. The number of ketones is 1.